The number of likely N-dealkylation sites (N-methyl/N-ethyl adjacent to an activating group) is 1. The van der Waals surface area contributed by atoms with Crippen LogP contribution in [0.25, 0.3) is 0 Å². The smallest absolute Gasteiger partial charge is 0.413 e. The Labute approximate surface area is 108 Å². The first-order valence-electron chi connectivity index (χ1n) is 5.35. The lowest BCUT2D eigenvalue weighted by molar-refractivity contribution is 0.197. The number of carboxylic acid groups (broad SMARTS) is 1. The number of hydrogen-bond donors (Lipinski definition) is 1. The molecule has 5 nitrogen and oxygen atoms in total. The summed E-state index contributed by atoms with van der Waals surface area (Å²) in [4.78, 5) is 19.0. The molecule has 1 aliphatic heterocycles. The first-order valence-corrected chi connectivity index (χ1v) is 6.14. The van der Waals surface area contributed by atoms with Crippen LogP contribution in [0.1, 0.15) is 13.8 Å². The van der Waals surface area contributed by atoms with Crippen molar-refractivity contribution in [3.63, 3.8) is 0 Å². The Balaban J connectivity index is 2.60. The molecule has 2 heterocycles. The lowest BCUT2D eigenvalue weighted by Gasteiger charge is -2.43. The molecule has 0 bridgehead atoms. The van der Waals surface area contributed by atoms with Crippen LogP contribution in [0.2, 0.25) is 0 Å². The van der Waals surface area contributed by atoms with E-state index in [1.807, 2.05) is 33.0 Å². The van der Waals surface area contributed by atoms with Gasteiger partial charge in [-0.05, 0) is 41.9 Å². The molecule has 0 aliphatic carbocycles. The van der Waals surface area contributed by atoms with Crippen molar-refractivity contribution < 1.29 is 9.90 Å². The summed E-state index contributed by atoms with van der Waals surface area (Å²) in [5.41, 5.74) is 0.834. The Morgan fingerprint density at radius 2 is 2.06 bits per heavy atom. The minimum Gasteiger partial charge on any atom is -0.465 e. The number of aromatic nitrogens is 1. The molecule has 0 saturated carbocycles. The first kappa shape index (κ1) is 12.2. The molecule has 0 spiro atoms. The third-order valence-electron chi connectivity index (χ3n) is 3.35. The van der Waals surface area contributed by atoms with Crippen LogP contribution in [0.4, 0.5) is 16.3 Å². The Hall–Kier alpha value is -1.30. The normalized spacial score (nSPS) is 23.5. The van der Waals surface area contributed by atoms with Crippen molar-refractivity contribution in [2.75, 3.05) is 16.8 Å². The molecule has 17 heavy (non-hydrogen) atoms. The van der Waals surface area contributed by atoms with Crippen LogP contribution in [0.15, 0.2) is 16.7 Å². The van der Waals surface area contributed by atoms with E-state index in [0.29, 0.717) is 10.4 Å². The van der Waals surface area contributed by atoms with Gasteiger partial charge in [0.15, 0.2) is 5.82 Å². The molecule has 6 heteroatoms. The fourth-order valence-electron chi connectivity index (χ4n) is 2.09. The number of pyridine rings is 1. The highest BCUT2D eigenvalue weighted by Gasteiger charge is 2.36. The van der Waals surface area contributed by atoms with Crippen molar-refractivity contribution in [3.05, 3.63) is 16.7 Å². The molecular formula is C11H14BrN3O2. The summed E-state index contributed by atoms with van der Waals surface area (Å²) in [6.45, 7) is 3.90. The van der Waals surface area contributed by atoms with Crippen LogP contribution in [-0.2, 0) is 0 Å². The van der Waals surface area contributed by atoms with Crippen molar-refractivity contribution in [2.24, 2.45) is 0 Å². The van der Waals surface area contributed by atoms with E-state index in [4.69, 9.17) is 0 Å². The molecule has 1 aliphatic rings. The molecule has 0 saturated heterocycles. The molecule has 1 aromatic heterocycles. The molecule has 2 rings (SSSR count). The lowest BCUT2D eigenvalue weighted by atomic mass is 10.0. The molecule has 2 atom stereocenters. The zero-order chi connectivity index (χ0) is 12.7. The van der Waals surface area contributed by atoms with Crippen LogP contribution in [0.5, 0.6) is 0 Å². The van der Waals surface area contributed by atoms with Gasteiger partial charge in [0.2, 0.25) is 0 Å². The predicted molar refractivity (Wildman–Crippen MR) is 69.8 cm³/mol. The van der Waals surface area contributed by atoms with Gasteiger partial charge in [-0.15, -0.1) is 0 Å². The number of nitrogens with zero attached hydrogens (tertiary/aromatic N) is 3. The average Bonchev–Trinajstić information content (AvgIpc) is 2.25. The standard InChI is InChI=1S/C11H14BrN3O2/c1-6-7(2)15(11(16)17)10-8(14(6)3)4-5-9(12)13-10/h4-7H,1-3H3,(H,16,17). The van der Waals surface area contributed by atoms with E-state index < -0.39 is 6.09 Å². The van der Waals surface area contributed by atoms with Crippen LogP contribution in [0.3, 0.4) is 0 Å². The monoisotopic (exact) mass is 299 g/mol. The Morgan fingerprint density at radius 1 is 1.41 bits per heavy atom. The van der Waals surface area contributed by atoms with Gasteiger partial charge in [-0.1, -0.05) is 0 Å². The van der Waals surface area contributed by atoms with Crippen molar-refractivity contribution in [1.82, 2.24) is 4.98 Å². The number of hydrogen-bond acceptors (Lipinski definition) is 3. The largest absolute Gasteiger partial charge is 0.465 e. The van der Waals surface area contributed by atoms with E-state index >= 15 is 0 Å². The maximum atomic E-state index is 11.3. The molecule has 1 amide bonds. The highest BCUT2D eigenvalue weighted by atomic mass is 79.9. The average molecular weight is 300 g/mol. The first-order chi connectivity index (χ1) is 7.93. The minimum atomic E-state index is -0.968. The number of fused-ring (bicyclic) bond motifs is 1. The molecule has 92 valence electrons. The minimum absolute atomic E-state index is 0.113. The van der Waals surface area contributed by atoms with Gasteiger partial charge < -0.3 is 10.0 Å². The summed E-state index contributed by atoms with van der Waals surface area (Å²) < 4.78 is 0.637. The summed E-state index contributed by atoms with van der Waals surface area (Å²) in [5.74, 6) is 0.486. The number of amides is 1. The highest BCUT2D eigenvalue weighted by Crippen LogP contribution is 2.36. The number of rotatable bonds is 0. The van der Waals surface area contributed by atoms with Gasteiger partial charge in [0.05, 0.1) is 11.7 Å². The van der Waals surface area contributed by atoms with E-state index in [2.05, 4.69) is 25.8 Å². The maximum Gasteiger partial charge on any atom is 0.413 e. The number of halogens is 1. The van der Waals surface area contributed by atoms with Crippen LogP contribution in [-0.4, -0.2) is 35.3 Å². The van der Waals surface area contributed by atoms with E-state index in [0.717, 1.165) is 5.69 Å². The molecule has 0 radical (unpaired) electrons. The number of carbonyl (C=O) groups is 1. The molecular weight excluding hydrogens is 286 g/mol. The Bertz CT molecular complexity index is 466. The third kappa shape index (κ3) is 1.86. The fraction of sp³-hybridized carbons (Fsp3) is 0.455. The molecule has 0 aromatic carbocycles. The quantitative estimate of drug-likeness (QED) is 0.748. The van der Waals surface area contributed by atoms with Gasteiger partial charge in [0.1, 0.15) is 4.60 Å². The van der Waals surface area contributed by atoms with E-state index in [1.165, 1.54) is 4.90 Å². The van der Waals surface area contributed by atoms with Crippen molar-refractivity contribution >= 4 is 33.5 Å². The number of anilines is 2. The van der Waals surface area contributed by atoms with Crippen LogP contribution < -0.4 is 9.80 Å². The van der Waals surface area contributed by atoms with Gasteiger partial charge in [0, 0.05) is 13.1 Å². The topological polar surface area (TPSA) is 56.7 Å². The second-order valence-corrected chi connectivity index (χ2v) is 5.03. The van der Waals surface area contributed by atoms with Crippen LogP contribution >= 0.6 is 15.9 Å². The summed E-state index contributed by atoms with van der Waals surface area (Å²) in [6, 6.07) is 3.68. The second kappa shape index (κ2) is 4.18. The van der Waals surface area contributed by atoms with Gasteiger partial charge in [-0.3, -0.25) is 4.90 Å². The van der Waals surface area contributed by atoms with Crippen molar-refractivity contribution in [1.29, 1.82) is 0 Å². The maximum absolute atomic E-state index is 11.3. The Kier molecular flexibility index (Phi) is 2.99. The van der Waals surface area contributed by atoms with Crippen molar-refractivity contribution in [3.8, 4) is 0 Å². The molecule has 1 N–H and O–H groups in total. The van der Waals surface area contributed by atoms with E-state index in [9.17, 15) is 9.90 Å². The van der Waals surface area contributed by atoms with Crippen LogP contribution in [0, 0.1) is 0 Å². The van der Waals surface area contributed by atoms with Gasteiger partial charge in [-0.2, -0.15) is 0 Å². The third-order valence-corrected chi connectivity index (χ3v) is 3.79. The van der Waals surface area contributed by atoms with Gasteiger partial charge in [-0.25, -0.2) is 9.78 Å². The fourth-order valence-corrected chi connectivity index (χ4v) is 2.39. The zero-order valence-corrected chi connectivity index (χ0v) is 11.5. The zero-order valence-electron chi connectivity index (χ0n) is 9.88. The SMILES string of the molecule is CC1C(C)N(C(=O)O)c2nc(Br)ccc2N1C. The Morgan fingerprint density at radius 3 is 2.65 bits per heavy atom. The summed E-state index contributed by atoms with van der Waals surface area (Å²) in [7, 11) is 1.95. The molecule has 1 aromatic rings. The predicted octanol–water partition coefficient (Wildman–Crippen LogP) is 2.56. The lowest BCUT2D eigenvalue weighted by Crippen LogP contribution is -2.54. The summed E-state index contributed by atoms with van der Waals surface area (Å²) in [6.07, 6.45) is -0.968. The van der Waals surface area contributed by atoms with Gasteiger partial charge in [0.25, 0.3) is 0 Å². The van der Waals surface area contributed by atoms with E-state index in [1.54, 1.807) is 0 Å². The molecule has 0 fully saturated rings. The van der Waals surface area contributed by atoms with Crippen molar-refractivity contribution in [2.45, 2.75) is 25.9 Å². The molecule has 2 unspecified atom stereocenters. The van der Waals surface area contributed by atoms with Gasteiger partial charge >= 0.3 is 6.09 Å². The summed E-state index contributed by atoms with van der Waals surface area (Å²) >= 11 is 3.27. The van der Waals surface area contributed by atoms with E-state index in [-0.39, 0.29) is 12.1 Å². The summed E-state index contributed by atoms with van der Waals surface area (Å²) in [5, 5.41) is 9.30. The highest BCUT2D eigenvalue weighted by molar-refractivity contribution is 9.10. The second-order valence-electron chi connectivity index (χ2n) is 4.22.